The van der Waals surface area contributed by atoms with E-state index in [0.29, 0.717) is 12.5 Å². The van der Waals surface area contributed by atoms with Crippen LogP contribution < -0.4 is 5.73 Å². The van der Waals surface area contributed by atoms with Gasteiger partial charge in [0.15, 0.2) is 5.88 Å². The Morgan fingerprint density at radius 3 is 2.42 bits per heavy atom. The van der Waals surface area contributed by atoms with Crippen molar-refractivity contribution in [2.24, 2.45) is 11.7 Å². The van der Waals surface area contributed by atoms with Crippen molar-refractivity contribution in [1.29, 1.82) is 0 Å². The fourth-order valence-corrected chi connectivity index (χ4v) is 3.49. The van der Waals surface area contributed by atoms with Gasteiger partial charge in [0.1, 0.15) is 11.9 Å². The predicted octanol–water partition coefficient (Wildman–Crippen LogP) is 4.12. The van der Waals surface area contributed by atoms with Crippen LogP contribution in [0.25, 0.3) is 0 Å². The minimum absolute atomic E-state index is 0.0830. The lowest BCUT2D eigenvalue weighted by atomic mass is 10.0. The zero-order chi connectivity index (χ0) is 23.7. The lowest BCUT2D eigenvalue weighted by Crippen LogP contribution is -2.34. The zero-order valence-corrected chi connectivity index (χ0v) is 20.3. The summed E-state index contributed by atoms with van der Waals surface area (Å²) in [4.78, 5) is 13.8. The molecule has 2 atom stereocenters. The topological polar surface area (TPSA) is 85.0 Å². The lowest BCUT2D eigenvalue weighted by Gasteiger charge is -2.31. The number of rotatable bonds is 10. The van der Waals surface area contributed by atoms with Crippen LogP contribution in [0.15, 0.2) is 42.3 Å². The molecule has 2 rings (SSSR count). The summed E-state index contributed by atoms with van der Waals surface area (Å²) in [5, 5.41) is 7.00. The largest absolute Gasteiger partial charge is 0.474 e. The number of ether oxygens (including phenoxy) is 2. The van der Waals surface area contributed by atoms with Crippen molar-refractivity contribution in [3.8, 4) is 0 Å². The van der Waals surface area contributed by atoms with Crippen LogP contribution in [-0.4, -0.2) is 55.2 Å². The third kappa shape index (κ3) is 11.9. The third-order valence-corrected chi connectivity index (χ3v) is 4.67. The highest BCUT2D eigenvalue weighted by atomic mass is 16.5. The first-order valence-electron chi connectivity index (χ1n) is 11.2. The van der Waals surface area contributed by atoms with Gasteiger partial charge in [0.25, 0.3) is 0 Å². The Bertz CT molecular complexity index is 599. The fourth-order valence-electron chi connectivity index (χ4n) is 3.49. The van der Waals surface area contributed by atoms with E-state index >= 15 is 0 Å². The van der Waals surface area contributed by atoms with Crippen LogP contribution in [0, 0.1) is 5.92 Å². The molecule has 3 N–H and O–H groups in total. The van der Waals surface area contributed by atoms with Crippen molar-refractivity contribution in [3.05, 3.63) is 47.9 Å². The molecule has 0 aliphatic carbocycles. The second-order valence-electron chi connectivity index (χ2n) is 8.30. The molecule has 6 nitrogen and oxygen atoms in total. The quantitative estimate of drug-likeness (QED) is 0.326. The van der Waals surface area contributed by atoms with Gasteiger partial charge >= 0.3 is 0 Å². The average molecular weight is 437 g/mol. The SMILES string of the molecule is CC/C=C(\OC(C)(C)C)N1CC(CCCOCc2ccccc2)CC1C=O.CN.CO. The molecule has 1 saturated heterocycles. The molecule has 1 heterocycles. The van der Waals surface area contributed by atoms with E-state index in [0.717, 1.165) is 58.1 Å². The van der Waals surface area contributed by atoms with Gasteiger partial charge in [-0.05, 0) is 71.1 Å². The van der Waals surface area contributed by atoms with Crippen molar-refractivity contribution >= 4 is 6.29 Å². The van der Waals surface area contributed by atoms with Crippen LogP contribution >= 0.6 is 0 Å². The number of benzene rings is 1. The van der Waals surface area contributed by atoms with E-state index in [1.165, 1.54) is 12.6 Å². The summed E-state index contributed by atoms with van der Waals surface area (Å²) in [5.74, 6) is 1.36. The van der Waals surface area contributed by atoms with Crippen LogP contribution in [0.4, 0.5) is 0 Å². The highest BCUT2D eigenvalue weighted by molar-refractivity contribution is 5.58. The van der Waals surface area contributed by atoms with Gasteiger partial charge < -0.3 is 30.0 Å². The van der Waals surface area contributed by atoms with E-state index < -0.39 is 0 Å². The smallest absolute Gasteiger partial charge is 0.186 e. The van der Waals surface area contributed by atoms with Gasteiger partial charge in [-0.25, -0.2) is 0 Å². The first-order valence-corrected chi connectivity index (χ1v) is 11.2. The number of nitrogens with zero attached hydrogens (tertiary/aromatic N) is 1. The molecule has 31 heavy (non-hydrogen) atoms. The molecule has 1 aliphatic rings. The number of aliphatic hydroxyl groups is 1. The fraction of sp³-hybridized carbons (Fsp3) is 0.640. The number of nitrogens with two attached hydrogens (primary N) is 1. The summed E-state index contributed by atoms with van der Waals surface area (Å²) in [6.07, 6.45) is 7.05. The highest BCUT2D eigenvalue weighted by Gasteiger charge is 2.34. The molecule has 0 saturated carbocycles. The number of carbonyl (C=O) groups excluding carboxylic acids is 1. The molecule has 1 fully saturated rings. The maximum absolute atomic E-state index is 11.6. The van der Waals surface area contributed by atoms with E-state index in [1.807, 2.05) is 39.0 Å². The van der Waals surface area contributed by atoms with Gasteiger partial charge in [0.2, 0.25) is 0 Å². The van der Waals surface area contributed by atoms with Crippen molar-refractivity contribution in [2.75, 3.05) is 27.3 Å². The zero-order valence-electron chi connectivity index (χ0n) is 20.3. The van der Waals surface area contributed by atoms with E-state index in [-0.39, 0.29) is 11.6 Å². The van der Waals surface area contributed by atoms with Crippen LogP contribution in [-0.2, 0) is 20.9 Å². The summed E-state index contributed by atoms with van der Waals surface area (Å²) in [6, 6.07) is 10.2. The van der Waals surface area contributed by atoms with Crippen LogP contribution in [0.2, 0.25) is 0 Å². The molecule has 0 aromatic heterocycles. The van der Waals surface area contributed by atoms with E-state index in [4.69, 9.17) is 14.6 Å². The maximum Gasteiger partial charge on any atom is 0.186 e. The summed E-state index contributed by atoms with van der Waals surface area (Å²) >= 11 is 0. The van der Waals surface area contributed by atoms with Gasteiger partial charge in [-0.3, -0.25) is 0 Å². The number of allylic oxidation sites excluding steroid dienone is 1. The molecule has 1 aliphatic heterocycles. The third-order valence-electron chi connectivity index (χ3n) is 4.67. The van der Waals surface area contributed by atoms with Crippen LogP contribution in [0.3, 0.4) is 0 Å². The molecule has 1 aromatic rings. The lowest BCUT2D eigenvalue weighted by molar-refractivity contribution is -0.112. The normalized spacial score (nSPS) is 18.5. The minimum atomic E-state index is -0.266. The van der Waals surface area contributed by atoms with Gasteiger partial charge in [0, 0.05) is 20.3 Å². The average Bonchev–Trinajstić information content (AvgIpc) is 3.19. The highest BCUT2D eigenvalue weighted by Crippen LogP contribution is 2.31. The Kier molecular flexibility index (Phi) is 15.7. The van der Waals surface area contributed by atoms with Crippen LogP contribution in [0.5, 0.6) is 0 Å². The summed E-state index contributed by atoms with van der Waals surface area (Å²) < 4.78 is 11.9. The first-order chi connectivity index (χ1) is 14.9. The Morgan fingerprint density at radius 1 is 1.23 bits per heavy atom. The molecule has 0 bridgehead atoms. The Hall–Kier alpha value is -1.89. The summed E-state index contributed by atoms with van der Waals surface area (Å²) in [5.41, 5.74) is 5.44. The van der Waals surface area contributed by atoms with Gasteiger partial charge in [0.05, 0.1) is 12.6 Å². The van der Waals surface area contributed by atoms with Crippen LogP contribution in [0.1, 0.15) is 58.9 Å². The molecule has 0 amide bonds. The minimum Gasteiger partial charge on any atom is -0.474 e. The van der Waals surface area contributed by atoms with Gasteiger partial charge in [-0.1, -0.05) is 37.3 Å². The molecule has 6 heteroatoms. The number of aldehydes is 1. The second kappa shape index (κ2) is 16.8. The molecular weight excluding hydrogens is 392 g/mol. The van der Waals surface area contributed by atoms with Crippen molar-refractivity contribution < 1.29 is 19.4 Å². The van der Waals surface area contributed by atoms with Crippen molar-refractivity contribution in [1.82, 2.24) is 4.90 Å². The number of carbonyl (C=O) groups is 1. The van der Waals surface area contributed by atoms with Crippen molar-refractivity contribution in [2.45, 2.75) is 71.6 Å². The molecule has 0 spiro atoms. The Labute approximate surface area is 189 Å². The standard InChI is InChI=1S/C23H35NO3.CH5N.CH4O/c1-5-10-22(27-23(2,3)4)24-16-20(15-21(24)17-25)13-9-14-26-18-19-11-7-6-8-12-19;2*1-2/h6-8,10-12,17,20-21H,5,9,13-16,18H2,1-4H3;2H2,1H3;2H,1H3/b22-10-;;. The van der Waals surface area contributed by atoms with E-state index in [1.54, 1.807) is 0 Å². The Balaban J connectivity index is 0.00000212. The predicted molar refractivity (Wildman–Crippen MR) is 127 cm³/mol. The van der Waals surface area contributed by atoms with Crippen molar-refractivity contribution in [3.63, 3.8) is 0 Å². The maximum atomic E-state index is 11.6. The molecule has 178 valence electrons. The number of hydrogen-bond acceptors (Lipinski definition) is 6. The monoisotopic (exact) mass is 436 g/mol. The molecule has 0 radical (unpaired) electrons. The Morgan fingerprint density at radius 2 is 1.87 bits per heavy atom. The van der Waals surface area contributed by atoms with E-state index in [2.05, 4.69) is 35.8 Å². The first kappa shape index (κ1) is 29.1. The van der Waals surface area contributed by atoms with E-state index in [9.17, 15) is 4.79 Å². The van der Waals surface area contributed by atoms with Gasteiger partial charge in [-0.2, -0.15) is 0 Å². The summed E-state index contributed by atoms with van der Waals surface area (Å²) in [6.45, 7) is 10.5. The molecular formula is C25H44N2O4. The van der Waals surface area contributed by atoms with Gasteiger partial charge in [-0.15, -0.1) is 0 Å². The number of hydrogen-bond donors (Lipinski definition) is 2. The molecule has 2 unspecified atom stereocenters. The second-order valence-corrected chi connectivity index (χ2v) is 8.30. The number of aliphatic hydroxyl groups excluding tert-OH is 1. The number of likely N-dealkylation sites (tertiary alicyclic amines) is 1. The summed E-state index contributed by atoms with van der Waals surface area (Å²) in [7, 11) is 2.50. The molecule has 1 aromatic carbocycles.